The van der Waals surface area contributed by atoms with Crippen LogP contribution in [0.4, 0.5) is 0 Å². The molecule has 0 aliphatic heterocycles. The molecule has 0 radical (unpaired) electrons. The van der Waals surface area contributed by atoms with Crippen LogP contribution in [-0.2, 0) is 11.3 Å². The van der Waals surface area contributed by atoms with Crippen LogP contribution >= 0.6 is 0 Å². The maximum atomic E-state index is 12.1. The van der Waals surface area contributed by atoms with Crippen molar-refractivity contribution in [1.29, 1.82) is 0 Å². The molecule has 7 heteroatoms. The molecule has 30 heavy (non-hydrogen) atoms. The molecule has 1 amide bonds. The number of furan rings is 1. The minimum atomic E-state index is -0.252. The van der Waals surface area contributed by atoms with Gasteiger partial charge < -0.3 is 23.7 Å². The van der Waals surface area contributed by atoms with E-state index in [-0.39, 0.29) is 12.5 Å². The van der Waals surface area contributed by atoms with Gasteiger partial charge in [0.05, 0.1) is 20.8 Å². The molecule has 0 aliphatic rings. The zero-order valence-electron chi connectivity index (χ0n) is 16.5. The van der Waals surface area contributed by atoms with Crippen LogP contribution in [0.5, 0.6) is 11.5 Å². The highest BCUT2D eigenvalue weighted by atomic mass is 16.5. The van der Waals surface area contributed by atoms with Gasteiger partial charge in [0, 0.05) is 17.5 Å². The number of methoxy groups -OCH3 is 2. The van der Waals surface area contributed by atoms with Crippen LogP contribution in [0, 0.1) is 0 Å². The van der Waals surface area contributed by atoms with Gasteiger partial charge in [0.15, 0.2) is 17.3 Å². The maximum absolute atomic E-state index is 12.1. The first-order chi connectivity index (χ1) is 14.7. The monoisotopic (exact) mass is 404 g/mol. The van der Waals surface area contributed by atoms with Crippen LogP contribution in [0.15, 0.2) is 69.6 Å². The fourth-order valence-electron chi connectivity index (χ4n) is 2.98. The molecular formula is C23H20N2O5. The summed E-state index contributed by atoms with van der Waals surface area (Å²) in [6, 6.07) is 16.8. The Hall–Kier alpha value is -4.00. The molecule has 0 saturated carbocycles. The predicted octanol–water partition coefficient (Wildman–Crippen LogP) is 4.43. The second kappa shape index (κ2) is 8.57. The molecule has 2 heterocycles. The molecule has 0 bridgehead atoms. The Morgan fingerprint density at radius 2 is 1.87 bits per heavy atom. The SMILES string of the molecule is COc1ccc(C=CC(=O)NCc2cc(-c3cc4ccccc4o3)on2)cc1OC. The van der Waals surface area contributed by atoms with Crippen molar-refractivity contribution in [2.45, 2.75) is 6.54 Å². The lowest BCUT2D eigenvalue weighted by atomic mass is 10.2. The highest BCUT2D eigenvalue weighted by Gasteiger charge is 2.12. The van der Waals surface area contributed by atoms with Crippen LogP contribution in [0.25, 0.3) is 28.6 Å². The van der Waals surface area contributed by atoms with Gasteiger partial charge in [-0.3, -0.25) is 4.79 Å². The Labute approximate surface area is 172 Å². The largest absolute Gasteiger partial charge is 0.493 e. The number of carbonyl (C=O) groups is 1. The normalized spacial score (nSPS) is 11.1. The predicted molar refractivity (Wildman–Crippen MR) is 112 cm³/mol. The molecule has 1 N–H and O–H groups in total. The number of benzene rings is 2. The van der Waals surface area contributed by atoms with E-state index in [2.05, 4.69) is 10.5 Å². The number of rotatable bonds is 7. The molecule has 4 aromatic rings. The maximum Gasteiger partial charge on any atom is 0.244 e. The molecular weight excluding hydrogens is 384 g/mol. The van der Waals surface area contributed by atoms with Gasteiger partial charge in [-0.15, -0.1) is 0 Å². The summed E-state index contributed by atoms with van der Waals surface area (Å²) < 4.78 is 21.6. The zero-order valence-corrected chi connectivity index (χ0v) is 16.5. The highest BCUT2D eigenvalue weighted by Crippen LogP contribution is 2.29. The van der Waals surface area contributed by atoms with E-state index in [1.54, 1.807) is 38.5 Å². The summed E-state index contributed by atoms with van der Waals surface area (Å²) in [7, 11) is 3.14. The van der Waals surface area contributed by atoms with E-state index in [1.807, 2.05) is 36.4 Å². The number of amides is 1. The van der Waals surface area contributed by atoms with E-state index in [9.17, 15) is 4.79 Å². The van der Waals surface area contributed by atoms with Crippen molar-refractivity contribution in [3.63, 3.8) is 0 Å². The van der Waals surface area contributed by atoms with E-state index in [0.717, 1.165) is 16.5 Å². The lowest BCUT2D eigenvalue weighted by molar-refractivity contribution is -0.116. The molecule has 0 saturated heterocycles. The van der Waals surface area contributed by atoms with Gasteiger partial charge in [0.2, 0.25) is 11.7 Å². The molecule has 152 valence electrons. The lowest BCUT2D eigenvalue weighted by Crippen LogP contribution is -2.20. The highest BCUT2D eigenvalue weighted by molar-refractivity contribution is 5.91. The molecule has 0 fully saturated rings. The van der Waals surface area contributed by atoms with E-state index in [4.69, 9.17) is 18.4 Å². The minimum absolute atomic E-state index is 0.235. The van der Waals surface area contributed by atoms with Crippen LogP contribution < -0.4 is 14.8 Å². The van der Waals surface area contributed by atoms with Crippen LogP contribution in [0.3, 0.4) is 0 Å². The van der Waals surface area contributed by atoms with Crippen LogP contribution in [-0.4, -0.2) is 25.3 Å². The number of ether oxygens (including phenoxy) is 2. The van der Waals surface area contributed by atoms with Crippen LogP contribution in [0.2, 0.25) is 0 Å². The van der Waals surface area contributed by atoms with E-state index in [0.29, 0.717) is 28.7 Å². The van der Waals surface area contributed by atoms with Crippen molar-refractivity contribution in [2.75, 3.05) is 14.2 Å². The summed E-state index contributed by atoms with van der Waals surface area (Å²) in [4.78, 5) is 12.1. The molecule has 0 aliphatic carbocycles. The van der Waals surface area contributed by atoms with Crippen molar-refractivity contribution in [3.05, 3.63) is 71.9 Å². The van der Waals surface area contributed by atoms with Crippen molar-refractivity contribution in [2.24, 2.45) is 0 Å². The standard InChI is InChI=1S/C23H20N2O5/c1-27-19-9-7-15(11-20(19)28-2)8-10-23(26)24-14-17-13-22(30-25-17)21-12-16-5-3-4-6-18(16)29-21/h3-13H,14H2,1-2H3,(H,24,26). The number of fused-ring (bicyclic) bond motifs is 1. The summed E-state index contributed by atoms with van der Waals surface area (Å²) in [5, 5.41) is 7.75. The van der Waals surface area contributed by atoms with Gasteiger partial charge >= 0.3 is 0 Å². The third kappa shape index (κ3) is 4.20. The van der Waals surface area contributed by atoms with Gasteiger partial charge in [-0.2, -0.15) is 0 Å². The zero-order chi connectivity index (χ0) is 20.9. The first-order valence-electron chi connectivity index (χ1n) is 9.29. The Balaban J connectivity index is 1.37. The van der Waals surface area contributed by atoms with Gasteiger partial charge in [-0.25, -0.2) is 0 Å². The van der Waals surface area contributed by atoms with Gasteiger partial charge in [-0.1, -0.05) is 29.4 Å². The Kier molecular flexibility index (Phi) is 5.52. The second-order valence-corrected chi connectivity index (χ2v) is 6.50. The molecule has 4 rings (SSSR count). The second-order valence-electron chi connectivity index (χ2n) is 6.50. The molecule has 2 aromatic carbocycles. The third-order valence-electron chi connectivity index (χ3n) is 4.51. The third-order valence-corrected chi connectivity index (χ3v) is 4.51. The lowest BCUT2D eigenvalue weighted by Gasteiger charge is -2.07. The quantitative estimate of drug-likeness (QED) is 0.459. The topological polar surface area (TPSA) is 86.7 Å². The van der Waals surface area contributed by atoms with Crippen molar-refractivity contribution < 1.29 is 23.2 Å². The van der Waals surface area contributed by atoms with Gasteiger partial charge in [0.25, 0.3) is 0 Å². The number of aromatic nitrogens is 1. The summed E-state index contributed by atoms with van der Waals surface area (Å²) >= 11 is 0. The van der Waals surface area contributed by atoms with E-state index >= 15 is 0 Å². The minimum Gasteiger partial charge on any atom is -0.493 e. The number of nitrogens with one attached hydrogen (secondary N) is 1. The summed E-state index contributed by atoms with van der Waals surface area (Å²) in [6.07, 6.45) is 3.14. The first-order valence-corrected chi connectivity index (χ1v) is 9.29. The van der Waals surface area contributed by atoms with Crippen molar-refractivity contribution >= 4 is 23.0 Å². The Morgan fingerprint density at radius 1 is 1.03 bits per heavy atom. The van der Waals surface area contributed by atoms with E-state index < -0.39 is 0 Å². The molecule has 0 spiro atoms. The van der Waals surface area contributed by atoms with Crippen LogP contribution in [0.1, 0.15) is 11.3 Å². The fourth-order valence-corrected chi connectivity index (χ4v) is 2.98. The number of hydrogen-bond donors (Lipinski definition) is 1. The molecule has 2 aromatic heterocycles. The summed E-state index contributed by atoms with van der Waals surface area (Å²) in [6.45, 7) is 0.235. The molecule has 7 nitrogen and oxygen atoms in total. The van der Waals surface area contributed by atoms with E-state index in [1.165, 1.54) is 6.08 Å². The molecule has 0 atom stereocenters. The average molecular weight is 404 g/mol. The van der Waals surface area contributed by atoms with Crippen molar-refractivity contribution in [3.8, 4) is 23.0 Å². The molecule has 0 unspecified atom stereocenters. The van der Waals surface area contributed by atoms with Crippen molar-refractivity contribution in [1.82, 2.24) is 10.5 Å². The number of para-hydroxylation sites is 1. The smallest absolute Gasteiger partial charge is 0.244 e. The van der Waals surface area contributed by atoms with Gasteiger partial charge in [-0.05, 0) is 35.9 Å². The summed E-state index contributed by atoms with van der Waals surface area (Å²) in [5.74, 6) is 2.08. The number of nitrogens with zero attached hydrogens (tertiary/aromatic N) is 1. The van der Waals surface area contributed by atoms with Gasteiger partial charge in [0.1, 0.15) is 11.3 Å². The summed E-state index contributed by atoms with van der Waals surface area (Å²) in [5.41, 5.74) is 2.19. The Bertz CT molecular complexity index is 1170. The number of carbonyl (C=O) groups excluding carboxylic acids is 1. The first kappa shape index (κ1) is 19.3. The number of hydrogen-bond acceptors (Lipinski definition) is 6. The average Bonchev–Trinajstić information content (AvgIpc) is 3.42. The Morgan fingerprint density at radius 3 is 2.67 bits per heavy atom. The fraction of sp³-hybridized carbons (Fsp3) is 0.130.